The van der Waals surface area contributed by atoms with Crippen LogP contribution < -0.4 is 10.1 Å². The standard InChI is InChI=1S/C16H14BrNO3/c17-12-6-7-15-13(8-12)14(10-20-15)18-16(19)21-9-11-4-2-1-3-5-11/h1-8,14H,9-10H2,(H,18,19)/t14-/m0/s1. The average molecular weight is 348 g/mol. The zero-order chi connectivity index (χ0) is 14.7. The highest BCUT2D eigenvalue weighted by atomic mass is 79.9. The number of hydrogen-bond donors (Lipinski definition) is 1. The molecule has 1 amide bonds. The largest absolute Gasteiger partial charge is 0.491 e. The van der Waals surface area contributed by atoms with E-state index < -0.39 is 6.09 Å². The van der Waals surface area contributed by atoms with Crippen molar-refractivity contribution in [1.82, 2.24) is 5.32 Å². The number of carbonyl (C=O) groups is 1. The summed E-state index contributed by atoms with van der Waals surface area (Å²) in [5.74, 6) is 0.798. The topological polar surface area (TPSA) is 47.6 Å². The molecule has 2 aromatic carbocycles. The number of amides is 1. The van der Waals surface area contributed by atoms with Crippen molar-refractivity contribution in [2.75, 3.05) is 6.61 Å². The van der Waals surface area contributed by atoms with E-state index in [4.69, 9.17) is 9.47 Å². The summed E-state index contributed by atoms with van der Waals surface area (Å²) in [6.45, 7) is 0.678. The Bertz CT molecular complexity index is 645. The lowest BCUT2D eigenvalue weighted by Gasteiger charge is -2.12. The van der Waals surface area contributed by atoms with Crippen LogP contribution in [0.5, 0.6) is 5.75 Å². The Morgan fingerprint density at radius 1 is 1.29 bits per heavy atom. The average Bonchev–Trinajstić information content (AvgIpc) is 2.88. The maximum Gasteiger partial charge on any atom is 0.408 e. The van der Waals surface area contributed by atoms with E-state index in [0.717, 1.165) is 21.3 Å². The minimum absolute atomic E-state index is 0.180. The van der Waals surface area contributed by atoms with Crippen LogP contribution in [-0.2, 0) is 11.3 Å². The molecule has 3 rings (SSSR count). The highest BCUT2D eigenvalue weighted by molar-refractivity contribution is 9.10. The summed E-state index contributed by atoms with van der Waals surface area (Å²) >= 11 is 3.42. The first-order valence-electron chi connectivity index (χ1n) is 6.62. The first-order chi connectivity index (χ1) is 10.2. The lowest BCUT2D eigenvalue weighted by Crippen LogP contribution is -2.29. The van der Waals surface area contributed by atoms with Gasteiger partial charge in [-0.2, -0.15) is 0 Å². The van der Waals surface area contributed by atoms with Gasteiger partial charge in [0.1, 0.15) is 19.0 Å². The van der Waals surface area contributed by atoms with Gasteiger partial charge in [-0.1, -0.05) is 46.3 Å². The molecule has 1 atom stereocenters. The van der Waals surface area contributed by atoms with Crippen LogP contribution in [0.25, 0.3) is 0 Å². The van der Waals surface area contributed by atoms with Crippen molar-refractivity contribution in [1.29, 1.82) is 0 Å². The number of hydrogen-bond acceptors (Lipinski definition) is 3. The summed E-state index contributed by atoms with van der Waals surface area (Å²) < 4.78 is 11.7. The number of alkyl carbamates (subject to hydrolysis) is 1. The second-order valence-corrected chi connectivity index (χ2v) is 5.67. The molecular formula is C16H14BrNO3. The van der Waals surface area contributed by atoms with Crippen molar-refractivity contribution in [3.8, 4) is 5.75 Å². The molecule has 5 heteroatoms. The predicted octanol–water partition coefficient (Wildman–Crippen LogP) is 3.81. The molecule has 0 unspecified atom stereocenters. The highest BCUT2D eigenvalue weighted by Crippen LogP contribution is 2.34. The molecule has 0 spiro atoms. The first kappa shape index (κ1) is 13.9. The molecule has 0 aliphatic carbocycles. The summed E-state index contributed by atoms with van der Waals surface area (Å²) in [6, 6.07) is 15.1. The van der Waals surface area contributed by atoms with Crippen molar-refractivity contribution >= 4 is 22.0 Å². The minimum Gasteiger partial charge on any atom is -0.491 e. The summed E-state index contributed by atoms with van der Waals surface area (Å²) in [5.41, 5.74) is 1.92. The zero-order valence-corrected chi connectivity index (χ0v) is 12.8. The number of carbonyl (C=O) groups excluding carboxylic acids is 1. The van der Waals surface area contributed by atoms with Gasteiger partial charge in [0.05, 0.1) is 6.04 Å². The molecule has 0 saturated carbocycles. The molecule has 0 fully saturated rings. The fraction of sp³-hybridized carbons (Fsp3) is 0.188. The van der Waals surface area contributed by atoms with Crippen LogP contribution >= 0.6 is 15.9 Å². The number of rotatable bonds is 3. The normalized spacial score (nSPS) is 16.0. The van der Waals surface area contributed by atoms with Crippen molar-refractivity contribution in [2.45, 2.75) is 12.6 Å². The van der Waals surface area contributed by atoms with E-state index >= 15 is 0 Å². The monoisotopic (exact) mass is 347 g/mol. The molecule has 1 heterocycles. The number of halogens is 1. The quantitative estimate of drug-likeness (QED) is 0.918. The second-order valence-electron chi connectivity index (χ2n) is 4.75. The van der Waals surface area contributed by atoms with Crippen LogP contribution in [-0.4, -0.2) is 12.7 Å². The Morgan fingerprint density at radius 2 is 2.10 bits per heavy atom. The van der Waals surface area contributed by atoms with E-state index in [1.165, 1.54) is 0 Å². The highest BCUT2D eigenvalue weighted by Gasteiger charge is 2.26. The number of benzene rings is 2. The van der Waals surface area contributed by atoms with Crippen LogP contribution in [0.3, 0.4) is 0 Å². The van der Waals surface area contributed by atoms with Gasteiger partial charge in [-0.15, -0.1) is 0 Å². The van der Waals surface area contributed by atoms with E-state index in [0.29, 0.717) is 6.61 Å². The Hall–Kier alpha value is -2.01. The van der Waals surface area contributed by atoms with Gasteiger partial charge < -0.3 is 14.8 Å². The molecule has 0 saturated heterocycles. The summed E-state index contributed by atoms with van der Waals surface area (Å²) in [4.78, 5) is 11.9. The Balaban J connectivity index is 1.58. The molecule has 108 valence electrons. The van der Waals surface area contributed by atoms with Crippen molar-refractivity contribution < 1.29 is 14.3 Å². The second kappa shape index (κ2) is 6.18. The minimum atomic E-state index is -0.444. The maximum absolute atomic E-state index is 11.9. The molecule has 4 nitrogen and oxygen atoms in total. The predicted molar refractivity (Wildman–Crippen MR) is 82.1 cm³/mol. The van der Waals surface area contributed by atoms with Gasteiger partial charge in [0.25, 0.3) is 0 Å². The van der Waals surface area contributed by atoms with Crippen LogP contribution in [0, 0.1) is 0 Å². The molecule has 1 aliphatic heterocycles. The summed E-state index contributed by atoms with van der Waals surface area (Å²) in [6.07, 6.45) is -0.444. The SMILES string of the molecule is O=C(N[C@H]1COc2ccc(Br)cc21)OCc1ccccc1. The van der Waals surface area contributed by atoms with Crippen LogP contribution in [0.4, 0.5) is 4.79 Å². The molecule has 0 radical (unpaired) electrons. The third-order valence-electron chi connectivity index (χ3n) is 3.26. The molecular weight excluding hydrogens is 334 g/mol. The zero-order valence-electron chi connectivity index (χ0n) is 11.2. The van der Waals surface area contributed by atoms with Gasteiger partial charge >= 0.3 is 6.09 Å². The molecule has 2 aromatic rings. The third-order valence-corrected chi connectivity index (χ3v) is 3.75. The van der Waals surface area contributed by atoms with E-state index in [1.807, 2.05) is 48.5 Å². The Kier molecular flexibility index (Phi) is 4.10. The van der Waals surface area contributed by atoms with Gasteiger partial charge in [0, 0.05) is 10.0 Å². The van der Waals surface area contributed by atoms with Crippen LogP contribution in [0.2, 0.25) is 0 Å². The lowest BCUT2D eigenvalue weighted by molar-refractivity contribution is 0.133. The molecule has 21 heavy (non-hydrogen) atoms. The van der Waals surface area contributed by atoms with E-state index in [9.17, 15) is 4.79 Å². The number of fused-ring (bicyclic) bond motifs is 1. The smallest absolute Gasteiger partial charge is 0.408 e. The molecule has 0 bridgehead atoms. The summed E-state index contributed by atoms with van der Waals surface area (Å²) in [7, 11) is 0. The van der Waals surface area contributed by atoms with Gasteiger partial charge in [0.15, 0.2) is 0 Å². The maximum atomic E-state index is 11.9. The Morgan fingerprint density at radius 3 is 2.90 bits per heavy atom. The van der Waals surface area contributed by atoms with Crippen LogP contribution in [0.15, 0.2) is 53.0 Å². The van der Waals surface area contributed by atoms with Gasteiger partial charge in [-0.3, -0.25) is 0 Å². The Labute approximate surface area is 131 Å². The fourth-order valence-electron chi connectivity index (χ4n) is 2.21. The van der Waals surface area contributed by atoms with E-state index in [1.54, 1.807) is 0 Å². The third kappa shape index (κ3) is 3.36. The van der Waals surface area contributed by atoms with Gasteiger partial charge in [-0.25, -0.2) is 4.79 Å². The molecule has 0 aromatic heterocycles. The van der Waals surface area contributed by atoms with Crippen LogP contribution in [0.1, 0.15) is 17.2 Å². The van der Waals surface area contributed by atoms with Crippen molar-refractivity contribution in [3.63, 3.8) is 0 Å². The molecule has 1 aliphatic rings. The van der Waals surface area contributed by atoms with Gasteiger partial charge in [0.2, 0.25) is 0 Å². The molecule has 1 N–H and O–H groups in total. The lowest BCUT2D eigenvalue weighted by atomic mass is 10.1. The van der Waals surface area contributed by atoms with Gasteiger partial charge in [-0.05, 0) is 23.8 Å². The van der Waals surface area contributed by atoms with E-state index in [-0.39, 0.29) is 12.6 Å². The number of nitrogens with one attached hydrogen (secondary N) is 1. The fourth-order valence-corrected chi connectivity index (χ4v) is 2.59. The van der Waals surface area contributed by atoms with Crippen molar-refractivity contribution in [2.24, 2.45) is 0 Å². The van der Waals surface area contributed by atoms with Crippen molar-refractivity contribution in [3.05, 3.63) is 64.1 Å². The van der Waals surface area contributed by atoms with E-state index in [2.05, 4.69) is 21.2 Å². The number of ether oxygens (including phenoxy) is 2. The first-order valence-corrected chi connectivity index (χ1v) is 7.41. The summed E-state index contributed by atoms with van der Waals surface area (Å²) in [5, 5.41) is 2.83.